The Hall–Kier alpha value is -0.610. The largest absolute Gasteiger partial charge is 0.354 e. The molecule has 1 amide bonds. The number of carbonyl (C=O) groups excluding carboxylic acids is 1. The van der Waals surface area contributed by atoms with E-state index in [-0.39, 0.29) is 24.2 Å². The Bertz CT molecular complexity index is 155. The van der Waals surface area contributed by atoms with Gasteiger partial charge in [0.15, 0.2) is 6.29 Å². The predicted octanol–water partition coefficient (Wildman–Crippen LogP) is 0.766. The van der Waals surface area contributed by atoms with E-state index in [1.165, 1.54) is 0 Å². The summed E-state index contributed by atoms with van der Waals surface area (Å²) in [5.41, 5.74) is 0. The fourth-order valence-corrected chi connectivity index (χ4v) is 0.964. The van der Waals surface area contributed by atoms with Crippen LogP contribution >= 0.6 is 0 Å². The Morgan fingerprint density at radius 3 is 1.92 bits per heavy atom. The van der Waals surface area contributed by atoms with Gasteiger partial charge in [0.05, 0.1) is 6.04 Å². The maximum absolute atomic E-state index is 11.3. The molecule has 0 spiro atoms. The van der Waals surface area contributed by atoms with Crippen LogP contribution in [0, 0.1) is 5.92 Å². The summed E-state index contributed by atoms with van der Waals surface area (Å²) in [5.74, 6) is -0.0107. The van der Waals surface area contributed by atoms with Gasteiger partial charge in [-0.3, -0.25) is 4.79 Å². The SMILES string of the molecule is COC(OC)C(C)NC(=O)C(C)C. The van der Waals surface area contributed by atoms with Crippen LogP contribution in [0.2, 0.25) is 0 Å². The fourth-order valence-electron chi connectivity index (χ4n) is 0.964. The van der Waals surface area contributed by atoms with E-state index in [1.807, 2.05) is 20.8 Å². The van der Waals surface area contributed by atoms with Crippen molar-refractivity contribution in [2.24, 2.45) is 5.92 Å². The van der Waals surface area contributed by atoms with Crippen molar-refractivity contribution in [3.8, 4) is 0 Å². The molecule has 0 aliphatic heterocycles. The lowest BCUT2D eigenvalue weighted by atomic mass is 10.2. The number of rotatable bonds is 5. The van der Waals surface area contributed by atoms with Crippen LogP contribution < -0.4 is 5.32 Å². The molecule has 0 aliphatic rings. The molecule has 0 aromatic carbocycles. The molecule has 0 saturated carbocycles. The third-order valence-electron chi connectivity index (χ3n) is 1.77. The molecule has 13 heavy (non-hydrogen) atoms. The molecule has 0 aromatic rings. The van der Waals surface area contributed by atoms with Crippen molar-refractivity contribution in [1.82, 2.24) is 5.32 Å². The number of ether oxygens (including phenoxy) is 2. The highest BCUT2D eigenvalue weighted by molar-refractivity contribution is 5.78. The molecular formula is C9H19NO3. The Balaban J connectivity index is 3.97. The van der Waals surface area contributed by atoms with Crippen molar-refractivity contribution in [3.63, 3.8) is 0 Å². The Labute approximate surface area is 79.6 Å². The summed E-state index contributed by atoms with van der Waals surface area (Å²) in [6, 6.07) is -0.134. The highest BCUT2D eigenvalue weighted by atomic mass is 16.7. The first-order valence-corrected chi connectivity index (χ1v) is 4.38. The first kappa shape index (κ1) is 12.4. The van der Waals surface area contributed by atoms with Crippen molar-refractivity contribution in [3.05, 3.63) is 0 Å². The van der Waals surface area contributed by atoms with E-state index in [1.54, 1.807) is 14.2 Å². The van der Waals surface area contributed by atoms with E-state index in [9.17, 15) is 4.79 Å². The molecule has 4 heteroatoms. The number of hydrogen-bond acceptors (Lipinski definition) is 3. The van der Waals surface area contributed by atoms with Gasteiger partial charge in [0.1, 0.15) is 0 Å². The Morgan fingerprint density at radius 2 is 1.62 bits per heavy atom. The molecular weight excluding hydrogens is 170 g/mol. The van der Waals surface area contributed by atoms with E-state index < -0.39 is 0 Å². The van der Waals surface area contributed by atoms with Gasteiger partial charge in [-0.15, -0.1) is 0 Å². The van der Waals surface area contributed by atoms with Crippen molar-refractivity contribution < 1.29 is 14.3 Å². The molecule has 0 rings (SSSR count). The maximum Gasteiger partial charge on any atom is 0.222 e. The van der Waals surface area contributed by atoms with Crippen LogP contribution in [-0.2, 0) is 14.3 Å². The maximum atomic E-state index is 11.3. The van der Waals surface area contributed by atoms with Crippen molar-refractivity contribution >= 4 is 5.91 Å². The van der Waals surface area contributed by atoms with Gasteiger partial charge in [-0.1, -0.05) is 13.8 Å². The van der Waals surface area contributed by atoms with Crippen LogP contribution in [0.3, 0.4) is 0 Å². The lowest BCUT2D eigenvalue weighted by Crippen LogP contribution is -2.44. The minimum absolute atomic E-state index is 0.00611. The van der Waals surface area contributed by atoms with Crippen LogP contribution in [0.15, 0.2) is 0 Å². The molecule has 1 N–H and O–H groups in total. The highest BCUT2D eigenvalue weighted by Gasteiger charge is 2.18. The topological polar surface area (TPSA) is 47.6 Å². The second-order valence-electron chi connectivity index (χ2n) is 3.29. The van der Waals surface area contributed by atoms with Crippen LogP contribution in [0.1, 0.15) is 20.8 Å². The smallest absolute Gasteiger partial charge is 0.222 e. The lowest BCUT2D eigenvalue weighted by molar-refractivity contribution is -0.137. The zero-order chi connectivity index (χ0) is 10.4. The average Bonchev–Trinajstić information content (AvgIpc) is 2.06. The van der Waals surface area contributed by atoms with Crippen LogP contribution in [-0.4, -0.2) is 32.5 Å². The van der Waals surface area contributed by atoms with Crippen LogP contribution in [0.25, 0.3) is 0 Å². The minimum Gasteiger partial charge on any atom is -0.354 e. The third kappa shape index (κ3) is 4.24. The van der Waals surface area contributed by atoms with E-state index in [0.29, 0.717) is 0 Å². The summed E-state index contributed by atoms with van der Waals surface area (Å²) in [6.07, 6.45) is -0.386. The molecule has 0 saturated heterocycles. The number of amides is 1. The average molecular weight is 189 g/mol. The van der Waals surface area contributed by atoms with Gasteiger partial charge in [0, 0.05) is 20.1 Å². The molecule has 0 aliphatic carbocycles. The minimum atomic E-state index is -0.386. The lowest BCUT2D eigenvalue weighted by Gasteiger charge is -2.22. The van der Waals surface area contributed by atoms with Gasteiger partial charge in [0.2, 0.25) is 5.91 Å². The van der Waals surface area contributed by atoms with Gasteiger partial charge in [0.25, 0.3) is 0 Å². The van der Waals surface area contributed by atoms with E-state index in [2.05, 4.69) is 5.32 Å². The molecule has 0 bridgehead atoms. The molecule has 1 unspecified atom stereocenters. The molecule has 0 heterocycles. The highest BCUT2D eigenvalue weighted by Crippen LogP contribution is 2.00. The van der Waals surface area contributed by atoms with Crippen molar-refractivity contribution in [2.75, 3.05) is 14.2 Å². The summed E-state index contributed by atoms with van der Waals surface area (Å²) < 4.78 is 10.0. The second kappa shape index (κ2) is 5.94. The van der Waals surface area contributed by atoms with Crippen LogP contribution in [0.5, 0.6) is 0 Å². The number of carbonyl (C=O) groups is 1. The fraction of sp³-hybridized carbons (Fsp3) is 0.889. The summed E-state index contributed by atoms with van der Waals surface area (Å²) in [4.78, 5) is 11.3. The second-order valence-corrected chi connectivity index (χ2v) is 3.29. The Kier molecular flexibility index (Phi) is 5.66. The van der Waals surface area contributed by atoms with Gasteiger partial charge in [-0.05, 0) is 6.92 Å². The van der Waals surface area contributed by atoms with E-state index >= 15 is 0 Å². The van der Waals surface area contributed by atoms with Gasteiger partial charge in [-0.25, -0.2) is 0 Å². The number of hydrogen-bond donors (Lipinski definition) is 1. The summed E-state index contributed by atoms with van der Waals surface area (Å²) in [6.45, 7) is 5.53. The summed E-state index contributed by atoms with van der Waals surface area (Å²) in [7, 11) is 3.10. The third-order valence-corrected chi connectivity index (χ3v) is 1.77. The number of nitrogens with one attached hydrogen (secondary N) is 1. The van der Waals surface area contributed by atoms with E-state index in [0.717, 1.165) is 0 Å². The van der Waals surface area contributed by atoms with Crippen LogP contribution in [0.4, 0.5) is 0 Å². The van der Waals surface area contributed by atoms with Crippen molar-refractivity contribution in [1.29, 1.82) is 0 Å². The molecule has 0 radical (unpaired) electrons. The van der Waals surface area contributed by atoms with Gasteiger partial charge in [-0.2, -0.15) is 0 Å². The zero-order valence-electron chi connectivity index (χ0n) is 8.96. The standard InChI is InChI=1S/C9H19NO3/c1-6(2)8(11)10-7(3)9(12-4)13-5/h6-7,9H,1-5H3,(H,10,11). The van der Waals surface area contributed by atoms with Gasteiger partial charge < -0.3 is 14.8 Å². The van der Waals surface area contributed by atoms with Gasteiger partial charge >= 0.3 is 0 Å². The zero-order valence-corrected chi connectivity index (χ0v) is 8.96. The molecule has 0 aromatic heterocycles. The molecule has 0 fully saturated rings. The molecule has 4 nitrogen and oxygen atoms in total. The Morgan fingerprint density at radius 1 is 1.15 bits per heavy atom. The predicted molar refractivity (Wildman–Crippen MR) is 50.2 cm³/mol. The summed E-state index contributed by atoms with van der Waals surface area (Å²) in [5, 5.41) is 2.79. The monoisotopic (exact) mass is 189 g/mol. The molecule has 78 valence electrons. The van der Waals surface area contributed by atoms with E-state index in [4.69, 9.17) is 9.47 Å². The normalized spacial score (nSPS) is 13.5. The summed E-state index contributed by atoms with van der Waals surface area (Å²) >= 11 is 0. The molecule has 1 atom stereocenters. The first-order chi connectivity index (χ1) is 6.02. The van der Waals surface area contributed by atoms with Crippen molar-refractivity contribution in [2.45, 2.75) is 33.1 Å². The first-order valence-electron chi connectivity index (χ1n) is 4.38. The quantitative estimate of drug-likeness (QED) is 0.650. The number of methoxy groups -OCH3 is 2.